The number of benzene rings is 2. The first-order chi connectivity index (χ1) is 12.7. The van der Waals surface area contributed by atoms with Gasteiger partial charge in [0.1, 0.15) is 0 Å². The van der Waals surface area contributed by atoms with Crippen molar-refractivity contribution in [1.82, 2.24) is 14.3 Å². The molecule has 0 aliphatic carbocycles. The van der Waals surface area contributed by atoms with Gasteiger partial charge in [0.25, 0.3) is 5.56 Å². The van der Waals surface area contributed by atoms with Crippen LogP contribution >= 0.6 is 0 Å². The van der Waals surface area contributed by atoms with Crippen LogP contribution in [0.3, 0.4) is 0 Å². The van der Waals surface area contributed by atoms with Gasteiger partial charge >= 0.3 is 5.69 Å². The fraction of sp³-hybridized carbons (Fsp3) is 0.222. The van der Waals surface area contributed by atoms with E-state index in [1.807, 2.05) is 43.3 Å². The van der Waals surface area contributed by atoms with Crippen molar-refractivity contribution in [3.05, 3.63) is 68.9 Å². The Labute approximate surface area is 156 Å². The SMILES string of the molecule is CN(C)c1ccc(CN(C)S(=O)(=O)c2ccc3[nH]c(=O)[nH]c(=O)c3c2)cc1. The highest BCUT2D eigenvalue weighted by molar-refractivity contribution is 7.89. The van der Waals surface area contributed by atoms with Crippen LogP contribution < -0.4 is 16.1 Å². The van der Waals surface area contributed by atoms with E-state index in [2.05, 4.69) is 9.97 Å². The van der Waals surface area contributed by atoms with Gasteiger partial charge in [0.2, 0.25) is 10.0 Å². The first-order valence-corrected chi connectivity index (χ1v) is 9.61. The lowest BCUT2D eigenvalue weighted by Gasteiger charge is -2.18. The standard InChI is InChI=1S/C18H20N4O4S/c1-21(2)13-6-4-12(5-7-13)11-22(3)27(25,26)14-8-9-16-15(10-14)17(23)20-18(24)19-16/h4-10H,11H2,1-3H3,(H2,19,20,23,24). The molecule has 0 saturated carbocycles. The summed E-state index contributed by atoms with van der Waals surface area (Å²) in [7, 11) is 1.54. The van der Waals surface area contributed by atoms with E-state index in [-0.39, 0.29) is 22.3 Å². The number of aromatic amines is 2. The van der Waals surface area contributed by atoms with Gasteiger partial charge in [0, 0.05) is 33.4 Å². The molecule has 1 aromatic heterocycles. The van der Waals surface area contributed by atoms with Crippen LogP contribution in [0.5, 0.6) is 0 Å². The molecule has 27 heavy (non-hydrogen) atoms. The predicted molar refractivity (Wildman–Crippen MR) is 105 cm³/mol. The highest BCUT2D eigenvalue weighted by Crippen LogP contribution is 2.20. The Kier molecular flexibility index (Phi) is 4.90. The number of sulfonamides is 1. The number of H-pyrrole nitrogens is 2. The van der Waals surface area contributed by atoms with Crippen LogP contribution in [-0.2, 0) is 16.6 Å². The summed E-state index contributed by atoms with van der Waals surface area (Å²) in [5.41, 5.74) is 0.875. The average molecular weight is 388 g/mol. The fourth-order valence-electron chi connectivity index (χ4n) is 2.73. The van der Waals surface area contributed by atoms with Crippen molar-refractivity contribution in [3.8, 4) is 0 Å². The molecule has 0 unspecified atom stereocenters. The van der Waals surface area contributed by atoms with Gasteiger partial charge in [-0.1, -0.05) is 12.1 Å². The second kappa shape index (κ2) is 7.01. The zero-order valence-electron chi connectivity index (χ0n) is 15.2. The summed E-state index contributed by atoms with van der Waals surface area (Å²) in [6, 6.07) is 11.6. The zero-order valence-corrected chi connectivity index (χ0v) is 16.0. The third-order valence-corrected chi connectivity index (χ3v) is 6.08. The lowest BCUT2D eigenvalue weighted by Crippen LogP contribution is -2.27. The second-order valence-electron chi connectivity index (χ2n) is 6.44. The minimum absolute atomic E-state index is 0.0139. The summed E-state index contributed by atoms with van der Waals surface area (Å²) < 4.78 is 27.0. The monoisotopic (exact) mass is 388 g/mol. The second-order valence-corrected chi connectivity index (χ2v) is 8.48. The van der Waals surface area contributed by atoms with Gasteiger partial charge in [-0.3, -0.25) is 9.78 Å². The number of anilines is 1. The molecule has 142 valence electrons. The summed E-state index contributed by atoms with van der Waals surface area (Å²) in [4.78, 5) is 29.8. The number of hydrogen-bond donors (Lipinski definition) is 2. The Hall–Kier alpha value is -2.91. The van der Waals surface area contributed by atoms with Gasteiger partial charge in [0.15, 0.2) is 0 Å². The molecule has 3 rings (SSSR count). The molecule has 8 nitrogen and oxygen atoms in total. The maximum Gasteiger partial charge on any atom is 0.326 e. The number of rotatable bonds is 5. The van der Waals surface area contributed by atoms with Gasteiger partial charge in [-0.2, -0.15) is 4.31 Å². The number of aromatic nitrogens is 2. The summed E-state index contributed by atoms with van der Waals surface area (Å²) in [6.45, 7) is 0.191. The van der Waals surface area contributed by atoms with Crippen molar-refractivity contribution in [2.45, 2.75) is 11.4 Å². The average Bonchev–Trinajstić information content (AvgIpc) is 2.61. The predicted octanol–water partition coefficient (Wildman–Crippen LogP) is 1.10. The molecule has 2 aromatic carbocycles. The molecule has 0 aliphatic heterocycles. The maximum absolute atomic E-state index is 12.9. The van der Waals surface area contributed by atoms with Gasteiger partial charge in [-0.25, -0.2) is 13.2 Å². The first-order valence-electron chi connectivity index (χ1n) is 8.17. The van der Waals surface area contributed by atoms with Crippen molar-refractivity contribution >= 4 is 26.6 Å². The number of fused-ring (bicyclic) bond motifs is 1. The van der Waals surface area contributed by atoms with E-state index >= 15 is 0 Å². The smallest absolute Gasteiger partial charge is 0.326 e. The zero-order chi connectivity index (χ0) is 19.8. The molecular weight excluding hydrogens is 368 g/mol. The van der Waals surface area contributed by atoms with Crippen LogP contribution in [0.15, 0.2) is 56.9 Å². The molecule has 0 fully saturated rings. The Morgan fingerprint density at radius 1 is 0.926 bits per heavy atom. The Balaban J connectivity index is 1.92. The maximum atomic E-state index is 12.9. The third kappa shape index (κ3) is 3.79. The van der Waals surface area contributed by atoms with E-state index in [1.54, 1.807) is 0 Å². The molecule has 2 N–H and O–H groups in total. The molecule has 9 heteroatoms. The van der Waals surface area contributed by atoms with E-state index in [9.17, 15) is 18.0 Å². The molecule has 0 radical (unpaired) electrons. The van der Waals surface area contributed by atoms with E-state index < -0.39 is 21.3 Å². The van der Waals surface area contributed by atoms with Crippen molar-refractivity contribution in [2.75, 3.05) is 26.0 Å². The third-order valence-electron chi connectivity index (χ3n) is 4.28. The van der Waals surface area contributed by atoms with E-state index in [0.717, 1.165) is 11.3 Å². The van der Waals surface area contributed by atoms with Gasteiger partial charge < -0.3 is 9.88 Å². The van der Waals surface area contributed by atoms with Crippen LogP contribution in [-0.4, -0.2) is 43.8 Å². The lowest BCUT2D eigenvalue weighted by molar-refractivity contribution is 0.467. The quantitative estimate of drug-likeness (QED) is 0.681. The lowest BCUT2D eigenvalue weighted by atomic mass is 10.2. The minimum atomic E-state index is -3.80. The molecule has 0 aliphatic rings. The Morgan fingerprint density at radius 2 is 1.59 bits per heavy atom. The highest BCUT2D eigenvalue weighted by Gasteiger charge is 2.22. The summed E-state index contributed by atoms with van der Waals surface area (Å²) in [5.74, 6) is 0. The van der Waals surface area contributed by atoms with Crippen molar-refractivity contribution in [1.29, 1.82) is 0 Å². The van der Waals surface area contributed by atoms with Crippen LogP contribution in [0.1, 0.15) is 5.56 Å². The summed E-state index contributed by atoms with van der Waals surface area (Å²) in [5, 5.41) is 0.111. The number of nitrogens with zero attached hydrogens (tertiary/aromatic N) is 2. The summed E-state index contributed by atoms with van der Waals surface area (Å²) in [6.07, 6.45) is 0. The molecule has 3 aromatic rings. The summed E-state index contributed by atoms with van der Waals surface area (Å²) >= 11 is 0. The molecule has 0 spiro atoms. The molecule has 0 atom stereocenters. The van der Waals surface area contributed by atoms with E-state index in [0.29, 0.717) is 0 Å². The first kappa shape index (κ1) is 18.9. The number of hydrogen-bond acceptors (Lipinski definition) is 5. The topological polar surface area (TPSA) is 106 Å². The van der Waals surface area contributed by atoms with Crippen molar-refractivity contribution in [3.63, 3.8) is 0 Å². The van der Waals surface area contributed by atoms with Gasteiger partial charge in [0.05, 0.1) is 15.8 Å². The Bertz CT molecular complexity index is 1190. The molecule has 1 heterocycles. The van der Waals surface area contributed by atoms with Crippen LogP contribution in [0.25, 0.3) is 10.9 Å². The van der Waals surface area contributed by atoms with Crippen LogP contribution in [0.4, 0.5) is 5.69 Å². The van der Waals surface area contributed by atoms with Crippen molar-refractivity contribution in [2.24, 2.45) is 0 Å². The number of nitrogens with one attached hydrogen (secondary N) is 2. The fourth-order valence-corrected chi connectivity index (χ4v) is 3.91. The van der Waals surface area contributed by atoms with Crippen molar-refractivity contribution < 1.29 is 8.42 Å². The molecular formula is C18H20N4O4S. The highest BCUT2D eigenvalue weighted by atomic mass is 32.2. The van der Waals surface area contributed by atoms with Crippen LogP contribution in [0, 0.1) is 0 Å². The largest absolute Gasteiger partial charge is 0.378 e. The molecule has 0 bridgehead atoms. The van der Waals surface area contributed by atoms with E-state index in [4.69, 9.17) is 0 Å². The minimum Gasteiger partial charge on any atom is -0.378 e. The van der Waals surface area contributed by atoms with Gasteiger partial charge in [-0.05, 0) is 35.9 Å². The van der Waals surface area contributed by atoms with Crippen LogP contribution in [0.2, 0.25) is 0 Å². The van der Waals surface area contributed by atoms with Gasteiger partial charge in [-0.15, -0.1) is 0 Å². The normalized spacial score (nSPS) is 11.9. The Morgan fingerprint density at radius 3 is 2.22 bits per heavy atom. The molecule has 0 amide bonds. The van der Waals surface area contributed by atoms with E-state index in [1.165, 1.54) is 29.6 Å². The molecule has 0 saturated heterocycles.